The highest BCUT2D eigenvalue weighted by atomic mass is 16.5. The first-order valence-corrected chi connectivity index (χ1v) is 6.54. The molecular weight excluding hydrogens is 242 g/mol. The quantitative estimate of drug-likeness (QED) is 0.376. The molecule has 1 aromatic rings. The molecule has 1 saturated carbocycles. The number of benzene rings is 1. The van der Waals surface area contributed by atoms with Crippen LogP contribution in [0.3, 0.4) is 0 Å². The highest BCUT2D eigenvalue weighted by Gasteiger charge is 2.16. The SMILES string of the molecule is COc1cc(OC)cc(C(=NC2CCCC2)NN)c1. The molecule has 104 valence electrons. The van der Waals surface area contributed by atoms with Crippen LogP contribution < -0.4 is 20.7 Å². The molecule has 0 bridgehead atoms. The largest absolute Gasteiger partial charge is 0.497 e. The Hall–Kier alpha value is -1.75. The number of hydrazine groups is 1. The average molecular weight is 263 g/mol. The second-order valence-electron chi connectivity index (χ2n) is 4.66. The van der Waals surface area contributed by atoms with Gasteiger partial charge in [0.15, 0.2) is 0 Å². The monoisotopic (exact) mass is 263 g/mol. The van der Waals surface area contributed by atoms with Gasteiger partial charge >= 0.3 is 0 Å². The number of aliphatic imine (C=N–C) groups is 1. The fourth-order valence-electron chi connectivity index (χ4n) is 2.36. The average Bonchev–Trinajstić information content (AvgIpc) is 2.97. The third kappa shape index (κ3) is 3.38. The van der Waals surface area contributed by atoms with E-state index in [0.717, 1.165) is 29.9 Å². The topological polar surface area (TPSA) is 68.9 Å². The molecule has 2 rings (SSSR count). The van der Waals surface area contributed by atoms with Gasteiger partial charge in [0, 0.05) is 11.6 Å². The van der Waals surface area contributed by atoms with E-state index in [0.29, 0.717) is 11.9 Å². The lowest BCUT2D eigenvalue weighted by molar-refractivity contribution is 0.394. The molecule has 0 aromatic heterocycles. The zero-order valence-electron chi connectivity index (χ0n) is 11.5. The lowest BCUT2D eigenvalue weighted by atomic mass is 10.1. The Labute approximate surface area is 113 Å². The van der Waals surface area contributed by atoms with Gasteiger partial charge < -0.3 is 14.9 Å². The van der Waals surface area contributed by atoms with Crippen LogP contribution in [-0.2, 0) is 0 Å². The Balaban J connectivity index is 2.30. The van der Waals surface area contributed by atoms with Gasteiger partial charge in [-0.15, -0.1) is 0 Å². The lowest BCUT2D eigenvalue weighted by Gasteiger charge is -2.12. The van der Waals surface area contributed by atoms with E-state index >= 15 is 0 Å². The molecule has 1 fully saturated rings. The van der Waals surface area contributed by atoms with E-state index in [1.54, 1.807) is 14.2 Å². The van der Waals surface area contributed by atoms with Gasteiger partial charge in [0.2, 0.25) is 0 Å². The summed E-state index contributed by atoms with van der Waals surface area (Å²) in [5.74, 6) is 7.74. The van der Waals surface area contributed by atoms with Crippen LogP contribution in [0, 0.1) is 0 Å². The molecule has 0 atom stereocenters. The Morgan fingerprint density at radius 3 is 2.21 bits per heavy atom. The number of hydrogen-bond donors (Lipinski definition) is 2. The van der Waals surface area contributed by atoms with Crippen molar-refractivity contribution in [2.75, 3.05) is 14.2 Å². The van der Waals surface area contributed by atoms with Gasteiger partial charge in [-0.1, -0.05) is 12.8 Å². The molecule has 0 unspecified atom stereocenters. The van der Waals surface area contributed by atoms with Crippen molar-refractivity contribution in [2.24, 2.45) is 10.8 Å². The number of hydrogen-bond acceptors (Lipinski definition) is 4. The molecule has 0 amide bonds. The molecule has 0 aliphatic heterocycles. The van der Waals surface area contributed by atoms with E-state index in [9.17, 15) is 0 Å². The van der Waals surface area contributed by atoms with E-state index in [1.807, 2.05) is 18.2 Å². The van der Waals surface area contributed by atoms with E-state index < -0.39 is 0 Å². The van der Waals surface area contributed by atoms with Crippen molar-refractivity contribution in [3.8, 4) is 11.5 Å². The summed E-state index contributed by atoms with van der Waals surface area (Å²) in [6.45, 7) is 0. The van der Waals surface area contributed by atoms with Crippen molar-refractivity contribution < 1.29 is 9.47 Å². The number of methoxy groups -OCH3 is 2. The molecule has 1 aliphatic rings. The summed E-state index contributed by atoms with van der Waals surface area (Å²) in [7, 11) is 3.25. The zero-order chi connectivity index (χ0) is 13.7. The first-order chi connectivity index (χ1) is 9.26. The second kappa shape index (κ2) is 6.43. The highest BCUT2D eigenvalue weighted by molar-refractivity contribution is 5.99. The summed E-state index contributed by atoms with van der Waals surface area (Å²) in [4.78, 5) is 4.68. The van der Waals surface area contributed by atoms with Gasteiger partial charge in [-0.2, -0.15) is 0 Å². The van der Waals surface area contributed by atoms with Crippen molar-refractivity contribution in [3.63, 3.8) is 0 Å². The van der Waals surface area contributed by atoms with Crippen molar-refractivity contribution >= 4 is 5.84 Å². The third-order valence-electron chi connectivity index (χ3n) is 3.40. The van der Waals surface area contributed by atoms with Crippen LogP contribution in [0.2, 0.25) is 0 Å². The normalized spacial score (nSPS) is 16.5. The van der Waals surface area contributed by atoms with Crippen LogP contribution in [0.1, 0.15) is 31.2 Å². The molecule has 0 spiro atoms. The van der Waals surface area contributed by atoms with Gasteiger partial charge in [-0.3, -0.25) is 4.99 Å². The van der Waals surface area contributed by atoms with Crippen molar-refractivity contribution in [1.29, 1.82) is 0 Å². The van der Waals surface area contributed by atoms with Crippen LogP contribution >= 0.6 is 0 Å². The number of nitrogens with one attached hydrogen (secondary N) is 1. The molecule has 19 heavy (non-hydrogen) atoms. The predicted octanol–water partition coefficient (Wildman–Crippen LogP) is 1.86. The van der Waals surface area contributed by atoms with E-state index in [1.165, 1.54) is 12.8 Å². The molecule has 1 aliphatic carbocycles. The molecule has 0 radical (unpaired) electrons. The van der Waals surface area contributed by atoms with E-state index in [4.69, 9.17) is 15.3 Å². The maximum atomic E-state index is 5.60. The fourth-order valence-corrected chi connectivity index (χ4v) is 2.36. The molecule has 3 N–H and O–H groups in total. The van der Waals surface area contributed by atoms with Gasteiger partial charge in [0.1, 0.15) is 17.3 Å². The first-order valence-electron chi connectivity index (χ1n) is 6.54. The van der Waals surface area contributed by atoms with Crippen molar-refractivity contribution in [3.05, 3.63) is 23.8 Å². The summed E-state index contributed by atoms with van der Waals surface area (Å²) >= 11 is 0. The van der Waals surface area contributed by atoms with Gasteiger partial charge in [-0.05, 0) is 25.0 Å². The molecule has 1 aromatic carbocycles. The number of ether oxygens (including phenoxy) is 2. The smallest absolute Gasteiger partial charge is 0.143 e. The van der Waals surface area contributed by atoms with Crippen LogP contribution in [0.25, 0.3) is 0 Å². The maximum Gasteiger partial charge on any atom is 0.143 e. The molecule has 0 saturated heterocycles. The molecule has 0 heterocycles. The summed E-state index contributed by atoms with van der Waals surface area (Å²) in [6.07, 6.45) is 4.75. The van der Waals surface area contributed by atoms with Crippen LogP contribution in [0.4, 0.5) is 0 Å². The third-order valence-corrected chi connectivity index (χ3v) is 3.40. The highest BCUT2D eigenvalue weighted by Crippen LogP contribution is 2.25. The zero-order valence-corrected chi connectivity index (χ0v) is 11.5. The van der Waals surface area contributed by atoms with E-state index in [-0.39, 0.29) is 0 Å². The Morgan fingerprint density at radius 1 is 1.16 bits per heavy atom. The fraction of sp³-hybridized carbons (Fsp3) is 0.500. The van der Waals surface area contributed by atoms with Crippen molar-refractivity contribution in [2.45, 2.75) is 31.7 Å². The summed E-state index contributed by atoms with van der Waals surface area (Å²) in [6, 6.07) is 5.99. The standard InChI is InChI=1S/C14H21N3O2/c1-18-12-7-10(8-13(9-12)19-2)14(17-15)16-11-5-3-4-6-11/h7-9,11H,3-6,15H2,1-2H3,(H,16,17). The summed E-state index contributed by atoms with van der Waals surface area (Å²) in [5.41, 5.74) is 3.57. The molecule has 5 nitrogen and oxygen atoms in total. The maximum absolute atomic E-state index is 5.60. The summed E-state index contributed by atoms with van der Waals surface area (Å²) < 4.78 is 10.5. The van der Waals surface area contributed by atoms with Crippen molar-refractivity contribution in [1.82, 2.24) is 5.43 Å². The number of rotatable bonds is 4. The minimum Gasteiger partial charge on any atom is -0.497 e. The number of amidine groups is 1. The molecule has 5 heteroatoms. The van der Waals surface area contributed by atoms with Crippen LogP contribution in [-0.4, -0.2) is 26.1 Å². The minimum absolute atomic E-state index is 0.364. The van der Waals surface area contributed by atoms with Gasteiger partial charge in [0.05, 0.1) is 20.3 Å². The van der Waals surface area contributed by atoms with Gasteiger partial charge in [-0.25, -0.2) is 5.84 Å². The van der Waals surface area contributed by atoms with Gasteiger partial charge in [0.25, 0.3) is 0 Å². The van der Waals surface area contributed by atoms with E-state index in [2.05, 4.69) is 10.4 Å². The molecular formula is C14H21N3O2. The predicted molar refractivity (Wildman–Crippen MR) is 75.7 cm³/mol. The van der Waals surface area contributed by atoms with Crippen LogP contribution in [0.5, 0.6) is 11.5 Å². The Kier molecular flexibility index (Phi) is 4.63. The Morgan fingerprint density at radius 2 is 1.74 bits per heavy atom. The number of nitrogens with two attached hydrogens (primary N) is 1. The van der Waals surface area contributed by atoms with Crippen LogP contribution in [0.15, 0.2) is 23.2 Å². The summed E-state index contributed by atoms with van der Waals surface area (Å²) in [5, 5.41) is 0. The lowest BCUT2D eigenvalue weighted by Crippen LogP contribution is -2.32. The first kappa shape index (κ1) is 13.7. The second-order valence-corrected chi connectivity index (χ2v) is 4.66. The number of nitrogens with zero attached hydrogens (tertiary/aromatic N) is 1. The minimum atomic E-state index is 0.364. The Bertz CT molecular complexity index is 432.